The highest BCUT2D eigenvalue weighted by Crippen LogP contribution is 2.25. The lowest BCUT2D eigenvalue weighted by atomic mass is 10.3. The van der Waals surface area contributed by atoms with E-state index in [4.69, 9.17) is 20.6 Å². The maximum Gasteiger partial charge on any atom is 0.156 e. The van der Waals surface area contributed by atoms with Crippen LogP contribution in [-0.2, 0) is 0 Å². The normalized spacial score (nSPS) is 9.95. The molecule has 0 spiro atoms. The van der Waals surface area contributed by atoms with Gasteiger partial charge in [0.1, 0.15) is 23.0 Å². The molecule has 19 heavy (non-hydrogen) atoms. The molecule has 1 aromatic carbocycles. The first-order valence-electron chi connectivity index (χ1n) is 5.91. The molecule has 1 heterocycles. The molecule has 2 aromatic rings. The minimum Gasteiger partial charge on any atom is -0.494 e. The smallest absolute Gasteiger partial charge is 0.156 e. The maximum atomic E-state index is 7.45. The van der Waals surface area contributed by atoms with Crippen molar-refractivity contribution in [3.63, 3.8) is 0 Å². The second-order valence-electron chi connectivity index (χ2n) is 3.77. The van der Waals surface area contributed by atoms with E-state index < -0.39 is 0 Å². The van der Waals surface area contributed by atoms with Gasteiger partial charge in [0.2, 0.25) is 0 Å². The van der Waals surface area contributed by atoms with Crippen LogP contribution in [0.2, 0.25) is 0 Å². The fourth-order valence-electron chi connectivity index (χ4n) is 1.57. The Balaban J connectivity index is 2.19. The molecule has 0 aliphatic heterocycles. The van der Waals surface area contributed by atoms with Gasteiger partial charge >= 0.3 is 0 Å². The van der Waals surface area contributed by atoms with Crippen LogP contribution in [-0.4, -0.2) is 17.4 Å². The zero-order valence-corrected chi connectivity index (χ0v) is 10.6. The topological polar surface area (TPSA) is 81.2 Å². The van der Waals surface area contributed by atoms with Gasteiger partial charge in [0.05, 0.1) is 6.61 Å². The molecule has 0 unspecified atom stereocenters. The number of nitrogens with two attached hydrogens (primary N) is 1. The van der Waals surface area contributed by atoms with Crippen molar-refractivity contribution in [1.29, 1.82) is 5.41 Å². The number of nitrogens with one attached hydrogen (secondary N) is 1. The average molecular weight is 257 g/mol. The molecule has 0 amide bonds. The quantitative estimate of drug-likeness (QED) is 0.637. The minimum atomic E-state index is -0.124. The van der Waals surface area contributed by atoms with Crippen LogP contribution < -0.4 is 15.2 Å². The lowest BCUT2D eigenvalue weighted by Gasteiger charge is -2.09. The molecule has 0 radical (unpaired) electrons. The summed E-state index contributed by atoms with van der Waals surface area (Å²) in [6, 6.07) is 10.7. The summed E-state index contributed by atoms with van der Waals surface area (Å²) in [7, 11) is 0. The fraction of sp³-hybridized carbons (Fsp3) is 0.143. The van der Waals surface area contributed by atoms with Gasteiger partial charge in [-0.2, -0.15) is 0 Å². The Labute approximate surface area is 111 Å². The molecule has 0 bridgehead atoms. The summed E-state index contributed by atoms with van der Waals surface area (Å²) in [5.74, 6) is 1.76. The molecule has 3 N–H and O–H groups in total. The Hall–Kier alpha value is -2.56. The van der Waals surface area contributed by atoms with Gasteiger partial charge < -0.3 is 15.2 Å². The van der Waals surface area contributed by atoms with Crippen LogP contribution in [0.4, 0.5) is 0 Å². The summed E-state index contributed by atoms with van der Waals surface area (Å²) in [6.07, 6.45) is 1.57. The molecule has 98 valence electrons. The summed E-state index contributed by atoms with van der Waals surface area (Å²) in [6.45, 7) is 2.55. The van der Waals surface area contributed by atoms with Gasteiger partial charge in [-0.1, -0.05) is 0 Å². The van der Waals surface area contributed by atoms with Gasteiger partial charge in [-0.25, -0.2) is 4.98 Å². The minimum absolute atomic E-state index is 0.124. The van der Waals surface area contributed by atoms with Crippen molar-refractivity contribution >= 4 is 5.84 Å². The number of ether oxygens (including phenoxy) is 2. The molecule has 1 aromatic heterocycles. The first-order chi connectivity index (χ1) is 9.20. The van der Waals surface area contributed by atoms with E-state index in [9.17, 15) is 0 Å². The van der Waals surface area contributed by atoms with Crippen LogP contribution in [0.3, 0.4) is 0 Å². The number of nitrogen functional groups attached to an aromatic ring is 1. The van der Waals surface area contributed by atoms with Crippen molar-refractivity contribution < 1.29 is 9.47 Å². The van der Waals surface area contributed by atoms with Gasteiger partial charge in [0.25, 0.3) is 0 Å². The molecule has 0 atom stereocenters. The average Bonchev–Trinajstić information content (AvgIpc) is 2.42. The lowest BCUT2D eigenvalue weighted by molar-refractivity contribution is 0.339. The molecule has 5 heteroatoms. The van der Waals surface area contributed by atoms with Crippen molar-refractivity contribution in [2.45, 2.75) is 6.92 Å². The molecule has 2 rings (SSSR count). The number of hydrogen-bond donors (Lipinski definition) is 2. The number of aromatic nitrogens is 1. The second kappa shape index (κ2) is 5.86. The molecule has 0 aliphatic carbocycles. The van der Waals surface area contributed by atoms with E-state index >= 15 is 0 Å². The Morgan fingerprint density at radius 2 is 1.89 bits per heavy atom. The fourth-order valence-corrected chi connectivity index (χ4v) is 1.57. The molecule has 5 nitrogen and oxygen atoms in total. The molecule has 0 saturated carbocycles. The highest BCUT2D eigenvalue weighted by molar-refractivity contribution is 5.95. The van der Waals surface area contributed by atoms with Crippen LogP contribution in [0, 0.1) is 5.41 Å². The third-order valence-corrected chi connectivity index (χ3v) is 2.39. The number of benzene rings is 1. The van der Waals surface area contributed by atoms with Crippen molar-refractivity contribution in [3.8, 4) is 17.2 Å². The van der Waals surface area contributed by atoms with Crippen LogP contribution in [0.25, 0.3) is 0 Å². The highest BCUT2D eigenvalue weighted by atomic mass is 16.5. The second-order valence-corrected chi connectivity index (χ2v) is 3.77. The molecular weight excluding hydrogens is 242 g/mol. The molecule has 0 fully saturated rings. The van der Waals surface area contributed by atoms with Crippen LogP contribution in [0.5, 0.6) is 17.2 Å². The van der Waals surface area contributed by atoms with Crippen molar-refractivity contribution in [2.75, 3.05) is 6.61 Å². The third kappa shape index (κ3) is 3.22. The van der Waals surface area contributed by atoms with E-state index in [1.165, 1.54) is 0 Å². The van der Waals surface area contributed by atoms with E-state index in [1.807, 2.05) is 19.1 Å². The molecule has 0 aliphatic rings. The Bertz CT molecular complexity index is 567. The Morgan fingerprint density at radius 1 is 1.21 bits per heavy atom. The van der Waals surface area contributed by atoms with Gasteiger partial charge in [-0.3, -0.25) is 5.41 Å². The highest BCUT2D eigenvalue weighted by Gasteiger charge is 2.08. The number of amidine groups is 1. The van der Waals surface area contributed by atoms with Gasteiger partial charge in [-0.05, 0) is 43.3 Å². The van der Waals surface area contributed by atoms with E-state index in [0.717, 1.165) is 5.75 Å². The monoisotopic (exact) mass is 257 g/mol. The summed E-state index contributed by atoms with van der Waals surface area (Å²) in [4.78, 5) is 4.02. The van der Waals surface area contributed by atoms with Gasteiger partial charge in [0, 0.05) is 6.20 Å². The lowest BCUT2D eigenvalue weighted by Crippen LogP contribution is -2.14. The van der Waals surface area contributed by atoms with Crippen LogP contribution >= 0.6 is 0 Å². The largest absolute Gasteiger partial charge is 0.494 e. The summed E-state index contributed by atoms with van der Waals surface area (Å²) >= 11 is 0. The Kier molecular flexibility index (Phi) is 3.97. The van der Waals surface area contributed by atoms with Crippen molar-refractivity contribution in [1.82, 2.24) is 4.98 Å². The Morgan fingerprint density at radius 3 is 2.53 bits per heavy atom. The van der Waals surface area contributed by atoms with Crippen molar-refractivity contribution in [3.05, 3.63) is 48.3 Å². The van der Waals surface area contributed by atoms with Gasteiger partial charge in [0.15, 0.2) is 5.75 Å². The van der Waals surface area contributed by atoms with Crippen molar-refractivity contribution in [2.24, 2.45) is 5.73 Å². The van der Waals surface area contributed by atoms with E-state index in [2.05, 4.69) is 4.98 Å². The van der Waals surface area contributed by atoms with E-state index in [1.54, 1.807) is 30.5 Å². The van der Waals surface area contributed by atoms with Crippen LogP contribution in [0.15, 0.2) is 42.6 Å². The molecular formula is C14H15N3O2. The predicted molar refractivity (Wildman–Crippen MR) is 72.9 cm³/mol. The number of hydrogen-bond acceptors (Lipinski definition) is 4. The number of rotatable bonds is 5. The number of nitrogens with zero attached hydrogens (tertiary/aromatic N) is 1. The SMILES string of the molecule is CCOc1ccc(Oc2cccnc2C(=N)N)cc1. The first kappa shape index (κ1) is 12.9. The predicted octanol–water partition coefficient (Wildman–Crippen LogP) is 2.56. The van der Waals surface area contributed by atoms with E-state index in [0.29, 0.717) is 23.8 Å². The molecule has 0 saturated heterocycles. The first-order valence-corrected chi connectivity index (χ1v) is 5.91. The van der Waals surface area contributed by atoms with Gasteiger partial charge in [-0.15, -0.1) is 0 Å². The summed E-state index contributed by atoms with van der Waals surface area (Å²) in [5, 5.41) is 7.45. The maximum absolute atomic E-state index is 7.45. The van der Waals surface area contributed by atoms with Crippen LogP contribution in [0.1, 0.15) is 12.6 Å². The summed E-state index contributed by atoms with van der Waals surface area (Å²) in [5.41, 5.74) is 5.78. The number of pyridine rings is 1. The zero-order valence-electron chi connectivity index (χ0n) is 10.6. The summed E-state index contributed by atoms with van der Waals surface area (Å²) < 4.78 is 11.0. The van der Waals surface area contributed by atoms with E-state index in [-0.39, 0.29) is 5.84 Å². The third-order valence-electron chi connectivity index (χ3n) is 2.39. The standard InChI is InChI=1S/C14H15N3O2/c1-2-18-10-5-7-11(8-6-10)19-12-4-3-9-17-13(12)14(15)16/h3-9H,2H2,1H3,(H3,15,16). The zero-order chi connectivity index (χ0) is 13.7.